The fraction of sp³-hybridized carbons (Fsp3) is 0.500. The predicted octanol–water partition coefficient (Wildman–Crippen LogP) is 4.05. The summed E-state index contributed by atoms with van der Waals surface area (Å²) in [7, 11) is 0. The molecule has 0 spiro atoms. The molecule has 4 heteroatoms. The number of halogens is 1. The molecule has 2 aromatic rings. The lowest BCUT2D eigenvalue weighted by atomic mass is 10.2. The maximum atomic E-state index is 9.09. The van der Waals surface area contributed by atoms with Crippen LogP contribution in [0, 0.1) is 17.2 Å². The highest BCUT2D eigenvalue weighted by molar-refractivity contribution is 6.17. The van der Waals surface area contributed by atoms with Crippen LogP contribution < -0.4 is 0 Å². The van der Waals surface area contributed by atoms with Crippen LogP contribution in [-0.2, 0) is 6.42 Å². The van der Waals surface area contributed by atoms with Crippen molar-refractivity contribution in [2.24, 2.45) is 5.92 Å². The minimum Gasteiger partial charge on any atom is -0.324 e. The molecule has 2 unspecified atom stereocenters. The number of nitrogens with zero attached hydrogens (tertiary/aromatic N) is 3. The zero-order chi connectivity index (χ0) is 14.1. The number of rotatable bonds is 5. The first-order valence-corrected chi connectivity index (χ1v) is 7.78. The Morgan fingerprint density at radius 3 is 3.05 bits per heavy atom. The van der Waals surface area contributed by atoms with Crippen molar-refractivity contribution in [2.45, 2.75) is 38.6 Å². The smallest absolute Gasteiger partial charge is 0.111 e. The summed E-state index contributed by atoms with van der Waals surface area (Å²) in [5.41, 5.74) is 2.77. The molecular formula is C16H18ClN3. The number of hydrogen-bond acceptors (Lipinski definition) is 2. The number of nitriles is 1. The van der Waals surface area contributed by atoms with Crippen LogP contribution in [0.4, 0.5) is 0 Å². The second-order valence-corrected chi connectivity index (χ2v) is 5.88. The number of fused-ring (bicyclic) bond motifs is 1. The Labute approximate surface area is 124 Å². The van der Waals surface area contributed by atoms with Crippen molar-refractivity contribution >= 4 is 22.6 Å². The average molecular weight is 288 g/mol. The second kappa shape index (κ2) is 5.46. The Kier molecular flexibility index (Phi) is 3.67. The van der Waals surface area contributed by atoms with Crippen molar-refractivity contribution < 1.29 is 0 Å². The third kappa shape index (κ3) is 2.29. The number of alkyl halides is 1. The molecule has 3 nitrogen and oxygen atoms in total. The SMILES string of the molecule is CCCC1CC1n1c(CCCl)nc2ccc(C#N)cc21. The lowest BCUT2D eigenvalue weighted by Gasteiger charge is -2.08. The summed E-state index contributed by atoms with van der Waals surface area (Å²) >= 11 is 5.91. The van der Waals surface area contributed by atoms with Crippen LogP contribution in [0.5, 0.6) is 0 Å². The molecule has 0 saturated heterocycles. The second-order valence-electron chi connectivity index (χ2n) is 5.50. The molecule has 1 heterocycles. The molecule has 1 fully saturated rings. The summed E-state index contributed by atoms with van der Waals surface area (Å²) in [4.78, 5) is 4.70. The highest BCUT2D eigenvalue weighted by Crippen LogP contribution is 2.48. The Bertz CT molecular complexity index is 668. The minimum atomic E-state index is 0.548. The first kappa shape index (κ1) is 13.5. The number of aryl methyl sites for hydroxylation is 1. The normalized spacial score (nSPS) is 21.1. The van der Waals surface area contributed by atoms with Crippen molar-refractivity contribution in [3.8, 4) is 6.07 Å². The number of hydrogen-bond donors (Lipinski definition) is 0. The van der Waals surface area contributed by atoms with Crippen molar-refractivity contribution in [3.63, 3.8) is 0 Å². The largest absolute Gasteiger partial charge is 0.324 e. The van der Waals surface area contributed by atoms with Crippen LogP contribution in [0.25, 0.3) is 11.0 Å². The molecule has 0 amide bonds. The monoisotopic (exact) mass is 287 g/mol. The molecule has 0 radical (unpaired) electrons. The van der Waals surface area contributed by atoms with E-state index in [1.165, 1.54) is 19.3 Å². The van der Waals surface area contributed by atoms with Gasteiger partial charge in [-0.05, 0) is 37.0 Å². The third-order valence-corrected chi connectivity index (χ3v) is 4.28. The van der Waals surface area contributed by atoms with Crippen LogP contribution in [0.2, 0.25) is 0 Å². The number of imidazole rings is 1. The predicted molar refractivity (Wildman–Crippen MR) is 80.9 cm³/mol. The lowest BCUT2D eigenvalue weighted by Crippen LogP contribution is -2.04. The van der Waals surface area contributed by atoms with E-state index < -0.39 is 0 Å². The molecule has 20 heavy (non-hydrogen) atoms. The first-order chi connectivity index (χ1) is 9.78. The molecule has 2 atom stereocenters. The summed E-state index contributed by atoms with van der Waals surface area (Å²) in [5.74, 6) is 2.41. The van der Waals surface area contributed by atoms with E-state index >= 15 is 0 Å². The molecule has 1 aromatic carbocycles. The molecule has 3 rings (SSSR count). The van der Waals surface area contributed by atoms with E-state index in [1.54, 1.807) is 0 Å². The number of benzene rings is 1. The van der Waals surface area contributed by atoms with Gasteiger partial charge in [0.2, 0.25) is 0 Å². The molecule has 0 aliphatic heterocycles. The van der Waals surface area contributed by atoms with Crippen molar-refractivity contribution in [1.29, 1.82) is 5.26 Å². The highest BCUT2D eigenvalue weighted by Gasteiger charge is 2.39. The van der Waals surface area contributed by atoms with E-state index in [9.17, 15) is 0 Å². The standard InChI is InChI=1S/C16H18ClN3/c1-2-3-12-9-14(12)20-15-8-11(10-18)4-5-13(15)19-16(20)6-7-17/h4-5,8,12,14H,2-3,6-7,9H2,1H3. The topological polar surface area (TPSA) is 41.6 Å². The van der Waals surface area contributed by atoms with Gasteiger partial charge in [-0.25, -0.2) is 4.98 Å². The zero-order valence-electron chi connectivity index (χ0n) is 11.6. The van der Waals surface area contributed by atoms with Gasteiger partial charge < -0.3 is 4.57 Å². The van der Waals surface area contributed by atoms with Gasteiger partial charge in [-0.3, -0.25) is 0 Å². The van der Waals surface area contributed by atoms with Gasteiger partial charge in [0, 0.05) is 18.3 Å². The van der Waals surface area contributed by atoms with Crippen molar-refractivity contribution in [1.82, 2.24) is 9.55 Å². The fourth-order valence-electron chi connectivity index (χ4n) is 3.07. The van der Waals surface area contributed by atoms with Crippen LogP contribution in [0.1, 0.15) is 43.6 Å². The molecule has 1 saturated carbocycles. The van der Waals surface area contributed by atoms with Crippen LogP contribution in [0.3, 0.4) is 0 Å². The molecule has 0 N–H and O–H groups in total. The Balaban J connectivity index is 2.06. The quantitative estimate of drug-likeness (QED) is 0.779. The highest BCUT2D eigenvalue weighted by atomic mass is 35.5. The van der Waals surface area contributed by atoms with Gasteiger partial charge >= 0.3 is 0 Å². The van der Waals surface area contributed by atoms with Gasteiger partial charge in [0.15, 0.2) is 0 Å². The Hall–Kier alpha value is -1.53. The van der Waals surface area contributed by atoms with Crippen LogP contribution >= 0.6 is 11.6 Å². The van der Waals surface area contributed by atoms with Crippen molar-refractivity contribution in [3.05, 3.63) is 29.6 Å². The van der Waals surface area contributed by atoms with E-state index in [2.05, 4.69) is 17.6 Å². The molecule has 104 valence electrons. The molecule has 1 aliphatic carbocycles. The Morgan fingerprint density at radius 1 is 1.50 bits per heavy atom. The van der Waals surface area contributed by atoms with Gasteiger partial charge in [0.05, 0.1) is 22.7 Å². The summed E-state index contributed by atoms with van der Waals surface area (Å²) in [6.45, 7) is 2.23. The molecular weight excluding hydrogens is 270 g/mol. The van der Waals surface area contributed by atoms with E-state index in [0.717, 1.165) is 29.2 Å². The first-order valence-electron chi connectivity index (χ1n) is 7.25. The fourth-order valence-corrected chi connectivity index (χ4v) is 3.24. The van der Waals surface area contributed by atoms with Crippen molar-refractivity contribution in [2.75, 3.05) is 5.88 Å². The van der Waals surface area contributed by atoms with Gasteiger partial charge in [-0.1, -0.05) is 13.3 Å². The lowest BCUT2D eigenvalue weighted by molar-refractivity contribution is 0.600. The number of aromatic nitrogens is 2. The summed E-state index contributed by atoms with van der Waals surface area (Å²) in [6, 6.07) is 8.50. The van der Waals surface area contributed by atoms with Gasteiger partial charge in [-0.2, -0.15) is 5.26 Å². The zero-order valence-corrected chi connectivity index (χ0v) is 12.4. The van der Waals surface area contributed by atoms with E-state index in [-0.39, 0.29) is 0 Å². The van der Waals surface area contributed by atoms with E-state index in [0.29, 0.717) is 17.5 Å². The van der Waals surface area contributed by atoms with E-state index in [1.807, 2.05) is 18.2 Å². The van der Waals surface area contributed by atoms with Gasteiger partial charge in [0.25, 0.3) is 0 Å². The maximum absolute atomic E-state index is 9.09. The maximum Gasteiger partial charge on any atom is 0.111 e. The summed E-state index contributed by atoms with van der Waals surface area (Å²) < 4.78 is 2.33. The van der Waals surface area contributed by atoms with Gasteiger partial charge in [0.1, 0.15) is 5.82 Å². The molecule has 1 aromatic heterocycles. The average Bonchev–Trinajstić information content (AvgIpc) is 3.11. The molecule has 0 bridgehead atoms. The minimum absolute atomic E-state index is 0.548. The Morgan fingerprint density at radius 2 is 2.35 bits per heavy atom. The molecule has 1 aliphatic rings. The van der Waals surface area contributed by atoms with Crippen LogP contribution in [0.15, 0.2) is 18.2 Å². The third-order valence-electron chi connectivity index (χ3n) is 4.09. The summed E-state index contributed by atoms with van der Waals surface area (Å²) in [6.07, 6.45) is 4.50. The van der Waals surface area contributed by atoms with Gasteiger partial charge in [-0.15, -0.1) is 11.6 Å². The summed E-state index contributed by atoms with van der Waals surface area (Å²) in [5, 5.41) is 9.09. The van der Waals surface area contributed by atoms with Crippen LogP contribution in [-0.4, -0.2) is 15.4 Å². The van der Waals surface area contributed by atoms with E-state index in [4.69, 9.17) is 21.8 Å².